The summed E-state index contributed by atoms with van der Waals surface area (Å²) < 4.78 is 1.06. The Bertz CT molecular complexity index is 611. The molecule has 3 nitrogen and oxygen atoms in total. The molecule has 3 rings (SSSR count). The Kier molecular flexibility index (Phi) is 2.42. The van der Waals surface area contributed by atoms with E-state index in [4.69, 9.17) is 5.73 Å². The summed E-state index contributed by atoms with van der Waals surface area (Å²) in [6.45, 7) is 0.612. The molecule has 1 amide bonds. The largest absolute Gasteiger partial charge is 0.318 e. The number of rotatable bonds is 1. The molecule has 1 aliphatic rings. The smallest absolute Gasteiger partial charge is 0.245 e. The van der Waals surface area contributed by atoms with E-state index >= 15 is 0 Å². The van der Waals surface area contributed by atoms with E-state index in [0.29, 0.717) is 6.54 Å². The molecule has 4 heteroatoms. The van der Waals surface area contributed by atoms with Crippen LogP contribution in [0.15, 0.2) is 40.9 Å². The standard InChI is InChI=1S/C13H11BrN2O/c14-10-3-1-9-6-11(4-2-8(9)5-10)16-7-12(15)13(16)17/h1-6,12H,7,15H2. The van der Waals surface area contributed by atoms with Crippen LogP contribution in [0.3, 0.4) is 0 Å². The molecule has 0 saturated carbocycles. The number of hydrogen-bond donors (Lipinski definition) is 1. The molecule has 2 aromatic carbocycles. The number of nitrogens with two attached hydrogens (primary N) is 1. The van der Waals surface area contributed by atoms with Crippen LogP contribution in [-0.4, -0.2) is 18.5 Å². The van der Waals surface area contributed by atoms with Crippen LogP contribution >= 0.6 is 15.9 Å². The topological polar surface area (TPSA) is 46.3 Å². The Morgan fingerprint density at radius 2 is 1.88 bits per heavy atom. The first-order valence-electron chi connectivity index (χ1n) is 5.41. The van der Waals surface area contributed by atoms with Gasteiger partial charge in [-0.25, -0.2) is 0 Å². The fourth-order valence-corrected chi connectivity index (χ4v) is 2.44. The molecule has 0 aromatic heterocycles. The molecule has 1 atom stereocenters. The lowest BCUT2D eigenvalue weighted by Gasteiger charge is -2.36. The van der Waals surface area contributed by atoms with E-state index in [2.05, 4.69) is 22.0 Å². The number of benzene rings is 2. The highest BCUT2D eigenvalue weighted by atomic mass is 79.9. The molecule has 86 valence electrons. The van der Waals surface area contributed by atoms with Gasteiger partial charge in [0.05, 0.1) is 6.54 Å². The fraction of sp³-hybridized carbons (Fsp3) is 0.154. The second-order valence-corrected chi connectivity index (χ2v) is 5.15. The zero-order valence-corrected chi connectivity index (χ0v) is 10.6. The lowest BCUT2D eigenvalue weighted by Crippen LogP contribution is -2.61. The van der Waals surface area contributed by atoms with Crippen molar-refractivity contribution in [3.63, 3.8) is 0 Å². The van der Waals surface area contributed by atoms with Crippen LogP contribution in [0.5, 0.6) is 0 Å². The van der Waals surface area contributed by atoms with E-state index in [-0.39, 0.29) is 11.9 Å². The summed E-state index contributed by atoms with van der Waals surface area (Å²) in [4.78, 5) is 13.3. The third-order valence-corrected chi connectivity index (χ3v) is 3.55. The van der Waals surface area contributed by atoms with Gasteiger partial charge in [0.25, 0.3) is 0 Å². The first-order chi connectivity index (χ1) is 8.15. The normalized spacial score (nSPS) is 19.5. The maximum atomic E-state index is 11.5. The van der Waals surface area contributed by atoms with Gasteiger partial charge < -0.3 is 10.6 Å². The number of carbonyl (C=O) groups excluding carboxylic acids is 1. The van der Waals surface area contributed by atoms with E-state index in [1.54, 1.807) is 4.90 Å². The fourth-order valence-electron chi connectivity index (χ4n) is 2.06. The molecular formula is C13H11BrN2O. The minimum Gasteiger partial charge on any atom is -0.318 e. The summed E-state index contributed by atoms with van der Waals surface area (Å²) in [5, 5.41) is 2.28. The molecule has 1 aliphatic heterocycles. The van der Waals surface area contributed by atoms with Crippen LogP contribution in [-0.2, 0) is 4.79 Å². The van der Waals surface area contributed by atoms with Crippen molar-refractivity contribution in [2.24, 2.45) is 5.73 Å². The van der Waals surface area contributed by atoms with E-state index in [0.717, 1.165) is 20.9 Å². The second-order valence-electron chi connectivity index (χ2n) is 4.23. The number of fused-ring (bicyclic) bond motifs is 1. The summed E-state index contributed by atoms with van der Waals surface area (Å²) >= 11 is 3.44. The third kappa shape index (κ3) is 1.73. The molecule has 0 radical (unpaired) electrons. The Balaban J connectivity index is 2.03. The number of β-lactam (4-membered cyclic amide) rings is 1. The molecule has 0 aliphatic carbocycles. The Labute approximate surface area is 107 Å². The quantitative estimate of drug-likeness (QED) is 0.819. The van der Waals surface area contributed by atoms with Gasteiger partial charge in [0.15, 0.2) is 0 Å². The number of hydrogen-bond acceptors (Lipinski definition) is 2. The monoisotopic (exact) mass is 290 g/mol. The van der Waals surface area contributed by atoms with Crippen LogP contribution in [0.1, 0.15) is 0 Å². The maximum Gasteiger partial charge on any atom is 0.245 e. The van der Waals surface area contributed by atoms with Crippen molar-refractivity contribution in [1.29, 1.82) is 0 Å². The average Bonchev–Trinajstić information content (AvgIpc) is 2.35. The van der Waals surface area contributed by atoms with Crippen molar-refractivity contribution in [3.05, 3.63) is 40.9 Å². The highest BCUT2D eigenvalue weighted by Crippen LogP contribution is 2.27. The van der Waals surface area contributed by atoms with E-state index in [1.165, 1.54) is 0 Å². The number of nitrogens with zero attached hydrogens (tertiary/aromatic N) is 1. The zero-order chi connectivity index (χ0) is 12.0. The summed E-state index contributed by atoms with van der Waals surface area (Å²) in [5.74, 6) is 0.00135. The molecule has 17 heavy (non-hydrogen) atoms. The van der Waals surface area contributed by atoms with Crippen LogP contribution < -0.4 is 10.6 Å². The molecular weight excluding hydrogens is 280 g/mol. The van der Waals surface area contributed by atoms with Crippen LogP contribution in [0.4, 0.5) is 5.69 Å². The summed E-state index contributed by atoms with van der Waals surface area (Å²) in [6, 6.07) is 11.8. The molecule has 1 unspecified atom stereocenters. The first-order valence-corrected chi connectivity index (χ1v) is 6.21. The average molecular weight is 291 g/mol. The van der Waals surface area contributed by atoms with Crippen molar-refractivity contribution in [2.45, 2.75) is 6.04 Å². The minimum atomic E-state index is -0.324. The molecule has 2 N–H and O–H groups in total. The van der Waals surface area contributed by atoms with Gasteiger partial charge >= 0.3 is 0 Å². The van der Waals surface area contributed by atoms with Gasteiger partial charge in [-0.05, 0) is 35.0 Å². The lowest BCUT2D eigenvalue weighted by molar-refractivity contribution is -0.123. The summed E-state index contributed by atoms with van der Waals surface area (Å²) in [5.41, 5.74) is 6.51. The predicted molar refractivity (Wildman–Crippen MR) is 72.0 cm³/mol. The Morgan fingerprint density at radius 3 is 2.59 bits per heavy atom. The summed E-state index contributed by atoms with van der Waals surface area (Å²) in [7, 11) is 0. The molecule has 1 fully saturated rings. The molecule has 0 spiro atoms. The van der Waals surface area contributed by atoms with Gasteiger partial charge in [-0.2, -0.15) is 0 Å². The maximum absolute atomic E-state index is 11.5. The summed E-state index contributed by atoms with van der Waals surface area (Å²) in [6.07, 6.45) is 0. The van der Waals surface area contributed by atoms with Crippen LogP contribution in [0, 0.1) is 0 Å². The molecule has 1 heterocycles. The minimum absolute atomic E-state index is 0.00135. The van der Waals surface area contributed by atoms with E-state index in [1.807, 2.05) is 30.3 Å². The number of halogens is 1. The Hall–Kier alpha value is -1.39. The first kappa shape index (κ1) is 10.7. The van der Waals surface area contributed by atoms with Gasteiger partial charge in [-0.15, -0.1) is 0 Å². The number of carbonyl (C=O) groups is 1. The van der Waals surface area contributed by atoms with Gasteiger partial charge in [0.1, 0.15) is 6.04 Å². The van der Waals surface area contributed by atoms with Crippen molar-refractivity contribution in [2.75, 3.05) is 11.4 Å². The number of anilines is 1. The predicted octanol–water partition coefficient (Wildman–Crippen LogP) is 2.28. The lowest BCUT2D eigenvalue weighted by atomic mass is 10.0. The van der Waals surface area contributed by atoms with E-state index < -0.39 is 0 Å². The molecule has 0 bridgehead atoms. The van der Waals surface area contributed by atoms with Crippen molar-refractivity contribution in [1.82, 2.24) is 0 Å². The van der Waals surface area contributed by atoms with Crippen molar-refractivity contribution in [3.8, 4) is 0 Å². The SMILES string of the molecule is NC1CN(c2ccc3cc(Br)ccc3c2)C1=O. The van der Waals surface area contributed by atoms with Crippen molar-refractivity contribution < 1.29 is 4.79 Å². The second kappa shape index (κ2) is 3.82. The number of amides is 1. The highest BCUT2D eigenvalue weighted by molar-refractivity contribution is 9.10. The molecule has 1 saturated heterocycles. The zero-order valence-electron chi connectivity index (χ0n) is 9.06. The van der Waals surface area contributed by atoms with Crippen molar-refractivity contribution >= 4 is 38.3 Å². The van der Waals surface area contributed by atoms with Gasteiger partial charge in [-0.1, -0.05) is 28.1 Å². The van der Waals surface area contributed by atoms with Gasteiger partial charge in [0, 0.05) is 10.2 Å². The highest BCUT2D eigenvalue weighted by Gasteiger charge is 2.34. The van der Waals surface area contributed by atoms with E-state index in [9.17, 15) is 4.79 Å². The van der Waals surface area contributed by atoms with Gasteiger partial charge in [0.2, 0.25) is 5.91 Å². The van der Waals surface area contributed by atoms with Crippen LogP contribution in [0.2, 0.25) is 0 Å². The van der Waals surface area contributed by atoms with Gasteiger partial charge in [-0.3, -0.25) is 4.79 Å². The third-order valence-electron chi connectivity index (χ3n) is 3.06. The Morgan fingerprint density at radius 1 is 1.18 bits per heavy atom. The van der Waals surface area contributed by atoms with Crippen LogP contribution in [0.25, 0.3) is 10.8 Å². The molecule has 2 aromatic rings.